The molecule has 2 bridgehead atoms. The van der Waals surface area contributed by atoms with Gasteiger partial charge in [0.05, 0.1) is 28.7 Å². The Balaban J connectivity index is 1.19. The Morgan fingerprint density at radius 2 is 1.59 bits per heavy atom. The standard InChI is InChI=1S/C29H31F8N5O2/c30-25-12-24(13-25,14-25)23(44)42-10-9-28(33,34)11-18(42)16-1-2-17-20(38-16)41-21(39-17)19(15-3-5-27(31,32)6-4-15)40-22(43)26(7-8-26)29(35,36)37/h1-2,15,18-19H,3-14H2,(H,40,43)(H,38,39,41)/t18-,19?,24?,25?/m1/s1. The van der Waals surface area contributed by atoms with Crippen molar-refractivity contribution >= 4 is 23.0 Å². The van der Waals surface area contributed by atoms with Crippen LogP contribution in [-0.2, 0) is 9.59 Å². The highest BCUT2D eigenvalue weighted by Gasteiger charge is 2.74. The summed E-state index contributed by atoms with van der Waals surface area (Å²) in [4.78, 5) is 39.5. The first-order chi connectivity index (χ1) is 20.4. The smallest absolute Gasteiger partial charge is 0.345 e. The van der Waals surface area contributed by atoms with Crippen molar-refractivity contribution in [1.82, 2.24) is 25.2 Å². The van der Waals surface area contributed by atoms with Gasteiger partial charge in [-0.1, -0.05) is 0 Å². The van der Waals surface area contributed by atoms with Gasteiger partial charge in [0, 0.05) is 32.2 Å². The first-order valence-electron chi connectivity index (χ1n) is 14.9. The molecular weight excluding hydrogens is 602 g/mol. The van der Waals surface area contributed by atoms with Crippen molar-refractivity contribution in [2.24, 2.45) is 16.7 Å². The highest BCUT2D eigenvalue weighted by molar-refractivity contribution is 5.88. The number of carbonyl (C=O) groups is 2. The predicted molar refractivity (Wildman–Crippen MR) is 138 cm³/mol. The van der Waals surface area contributed by atoms with Gasteiger partial charge in [-0.15, -0.1) is 0 Å². The van der Waals surface area contributed by atoms with Crippen LogP contribution in [0.15, 0.2) is 12.1 Å². The van der Waals surface area contributed by atoms with Crippen molar-refractivity contribution in [2.75, 3.05) is 6.54 Å². The number of alkyl halides is 8. The van der Waals surface area contributed by atoms with Crippen molar-refractivity contribution in [1.29, 1.82) is 0 Å². The van der Waals surface area contributed by atoms with Crippen LogP contribution in [0, 0.1) is 16.7 Å². The molecule has 0 radical (unpaired) electrons. The van der Waals surface area contributed by atoms with Gasteiger partial charge < -0.3 is 15.2 Å². The third-order valence-corrected chi connectivity index (χ3v) is 10.5. The van der Waals surface area contributed by atoms with Gasteiger partial charge in [-0.2, -0.15) is 13.2 Å². The number of nitrogens with one attached hydrogen (secondary N) is 2. The van der Waals surface area contributed by atoms with E-state index in [0.29, 0.717) is 5.52 Å². The number of carbonyl (C=O) groups excluding carboxylic acids is 2. The molecule has 6 fully saturated rings. The molecule has 2 amide bonds. The summed E-state index contributed by atoms with van der Waals surface area (Å²) in [6.45, 7) is -0.232. The molecule has 15 heteroatoms. The van der Waals surface area contributed by atoms with Crippen LogP contribution < -0.4 is 5.32 Å². The molecule has 3 heterocycles. The van der Waals surface area contributed by atoms with E-state index in [-0.39, 0.29) is 74.6 Å². The predicted octanol–water partition coefficient (Wildman–Crippen LogP) is 6.47. The Hall–Kier alpha value is -3.00. The zero-order valence-corrected chi connectivity index (χ0v) is 23.6. The van der Waals surface area contributed by atoms with Crippen molar-refractivity contribution in [3.8, 4) is 0 Å². The normalized spacial score (nSPS) is 32.8. The number of likely N-dealkylation sites (tertiary alicyclic amines) is 1. The van der Waals surface area contributed by atoms with Crippen molar-refractivity contribution in [2.45, 2.75) is 106 Å². The number of fused-ring (bicyclic) bond motifs is 1. The molecule has 1 saturated heterocycles. The van der Waals surface area contributed by atoms with Crippen LogP contribution in [0.3, 0.4) is 0 Å². The molecule has 5 aliphatic carbocycles. The van der Waals surface area contributed by atoms with Crippen LogP contribution in [0.25, 0.3) is 11.2 Å². The van der Waals surface area contributed by atoms with Crippen LogP contribution in [0.1, 0.15) is 94.2 Å². The Morgan fingerprint density at radius 1 is 0.932 bits per heavy atom. The molecule has 0 spiro atoms. The van der Waals surface area contributed by atoms with Crippen LogP contribution in [0.2, 0.25) is 0 Å². The first-order valence-corrected chi connectivity index (χ1v) is 14.9. The second-order valence-electron chi connectivity index (χ2n) is 13.7. The minimum atomic E-state index is -4.78. The number of hydrogen-bond acceptors (Lipinski definition) is 4. The van der Waals surface area contributed by atoms with Crippen LogP contribution in [0.4, 0.5) is 35.1 Å². The van der Waals surface area contributed by atoms with E-state index in [1.807, 2.05) is 0 Å². The molecule has 2 N–H and O–H groups in total. The molecule has 5 saturated carbocycles. The maximum atomic E-state index is 14.6. The van der Waals surface area contributed by atoms with E-state index < -0.39 is 84.1 Å². The Labute approximate surface area is 246 Å². The minimum Gasteiger partial charge on any atom is -0.345 e. The van der Waals surface area contributed by atoms with E-state index in [2.05, 4.69) is 20.3 Å². The average molecular weight is 634 g/mol. The fourth-order valence-electron chi connectivity index (χ4n) is 7.75. The number of rotatable bonds is 6. The van der Waals surface area contributed by atoms with Crippen molar-refractivity contribution in [3.63, 3.8) is 0 Å². The highest BCUT2D eigenvalue weighted by atomic mass is 19.4. The van der Waals surface area contributed by atoms with Gasteiger partial charge >= 0.3 is 6.18 Å². The minimum absolute atomic E-state index is 0.0179. The molecule has 2 atom stereocenters. The van der Waals surface area contributed by atoms with Crippen LogP contribution in [-0.4, -0.2) is 61.9 Å². The molecule has 8 rings (SSSR count). The topological polar surface area (TPSA) is 91.0 Å². The summed E-state index contributed by atoms with van der Waals surface area (Å²) < 4.78 is 112. The van der Waals surface area contributed by atoms with E-state index in [9.17, 15) is 44.7 Å². The number of aromatic nitrogens is 3. The summed E-state index contributed by atoms with van der Waals surface area (Å²) in [5.41, 5.74) is -4.33. The summed E-state index contributed by atoms with van der Waals surface area (Å²) in [5.74, 6) is -8.24. The second kappa shape index (κ2) is 9.27. The van der Waals surface area contributed by atoms with E-state index in [4.69, 9.17) is 0 Å². The number of imidazole rings is 1. The Bertz CT molecular complexity index is 1490. The lowest BCUT2D eigenvalue weighted by Crippen LogP contribution is -2.71. The fraction of sp³-hybridized carbons (Fsp3) is 0.724. The van der Waals surface area contributed by atoms with Gasteiger partial charge in [-0.25, -0.2) is 31.9 Å². The quantitative estimate of drug-likeness (QED) is 0.357. The van der Waals surface area contributed by atoms with E-state index in [1.165, 1.54) is 17.0 Å². The number of pyridine rings is 1. The van der Waals surface area contributed by atoms with Gasteiger partial charge in [0.25, 0.3) is 5.92 Å². The maximum Gasteiger partial charge on any atom is 0.403 e. The number of nitrogens with zero attached hydrogens (tertiary/aromatic N) is 3. The molecule has 2 aromatic heterocycles. The Kier molecular flexibility index (Phi) is 6.26. The number of hydrogen-bond donors (Lipinski definition) is 2. The molecule has 2 aromatic rings. The SMILES string of the molecule is O=C(N1CCC(F)(F)C[C@@H]1c1ccc2[nH]c(C(NC(=O)C3(C(F)(F)F)CC3)C3CCC(F)(F)CC3)nc2n1)C12CC(F)(C1)C2. The van der Waals surface area contributed by atoms with Gasteiger partial charge in [0.1, 0.15) is 16.9 Å². The fourth-order valence-corrected chi connectivity index (χ4v) is 7.75. The summed E-state index contributed by atoms with van der Waals surface area (Å²) in [6.07, 6.45) is -7.68. The van der Waals surface area contributed by atoms with Gasteiger partial charge in [0.2, 0.25) is 17.7 Å². The number of H-pyrrole nitrogens is 1. The first kappa shape index (κ1) is 29.7. The molecule has 0 aromatic carbocycles. The number of piperidine rings is 1. The van der Waals surface area contributed by atoms with Crippen molar-refractivity contribution in [3.05, 3.63) is 23.7 Å². The van der Waals surface area contributed by atoms with Crippen LogP contribution in [0.5, 0.6) is 0 Å². The van der Waals surface area contributed by atoms with E-state index >= 15 is 0 Å². The lowest BCUT2D eigenvalue weighted by atomic mass is 9.41. The lowest BCUT2D eigenvalue weighted by Gasteiger charge is -2.65. The summed E-state index contributed by atoms with van der Waals surface area (Å²) in [7, 11) is 0. The zero-order chi connectivity index (χ0) is 31.5. The molecule has 6 aliphatic rings. The molecule has 240 valence electrons. The third-order valence-electron chi connectivity index (χ3n) is 10.5. The molecule has 44 heavy (non-hydrogen) atoms. The average Bonchev–Trinajstić information content (AvgIpc) is 3.63. The molecule has 1 unspecified atom stereocenters. The monoisotopic (exact) mass is 633 g/mol. The van der Waals surface area contributed by atoms with Gasteiger partial charge in [0.15, 0.2) is 5.65 Å². The number of halogens is 8. The molecular formula is C29H31F8N5O2. The second-order valence-corrected chi connectivity index (χ2v) is 13.7. The number of amides is 2. The summed E-state index contributed by atoms with van der Waals surface area (Å²) in [6, 6.07) is 0.684. The largest absolute Gasteiger partial charge is 0.403 e. The Morgan fingerprint density at radius 3 is 2.18 bits per heavy atom. The van der Waals surface area contributed by atoms with E-state index in [0.717, 1.165) is 0 Å². The highest BCUT2D eigenvalue weighted by Crippen LogP contribution is 2.70. The van der Waals surface area contributed by atoms with Gasteiger partial charge in [-0.3, -0.25) is 9.59 Å². The third kappa shape index (κ3) is 4.74. The summed E-state index contributed by atoms with van der Waals surface area (Å²) >= 11 is 0. The lowest BCUT2D eigenvalue weighted by molar-refractivity contribution is -0.227. The molecule has 1 aliphatic heterocycles. The molecule has 7 nitrogen and oxygen atoms in total. The summed E-state index contributed by atoms with van der Waals surface area (Å²) in [5, 5.41) is 2.44. The maximum absolute atomic E-state index is 14.6. The van der Waals surface area contributed by atoms with E-state index in [1.54, 1.807) is 0 Å². The van der Waals surface area contributed by atoms with Gasteiger partial charge in [-0.05, 0) is 63.0 Å². The number of aromatic amines is 1. The zero-order valence-electron chi connectivity index (χ0n) is 23.6. The van der Waals surface area contributed by atoms with Crippen molar-refractivity contribution < 1.29 is 44.7 Å². The van der Waals surface area contributed by atoms with Crippen LogP contribution >= 0.6 is 0 Å².